The van der Waals surface area contributed by atoms with Crippen LogP contribution < -0.4 is 15.4 Å². The number of rotatable bonds is 6. The molecular weight excluding hydrogens is 248 g/mol. The van der Waals surface area contributed by atoms with Gasteiger partial charge in [0.15, 0.2) is 5.75 Å². The van der Waals surface area contributed by atoms with Gasteiger partial charge in [-0.1, -0.05) is 6.07 Å². The number of carbonyl (C=O) groups excluding carboxylic acids is 1. The SMILES string of the molecule is O=C(NCCOCCO)c1cccc2c1OCCN2. The van der Waals surface area contributed by atoms with E-state index in [2.05, 4.69) is 10.6 Å². The molecule has 1 aliphatic rings. The first-order valence-electron chi connectivity index (χ1n) is 6.29. The van der Waals surface area contributed by atoms with Crippen molar-refractivity contribution in [2.75, 3.05) is 44.8 Å². The third kappa shape index (κ3) is 3.59. The fraction of sp³-hybridized carbons (Fsp3) is 0.462. The van der Waals surface area contributed by atoms with Gasteiger partial charge in [0.1, 0.15) is 6.61 Å². The van der Waals surface area contributed by atoms with Crippen LogP contribution in [0.3, 0.4) is 0 Å². The number of fused-ring (bicyclic) bond motifs is 1. The highest BCUT2D eigenvalue weighted by Crippen LogP contribution is 2.30. The molecule has 3 N–H and O–H groups in total. The van der Waals surface area contributed by atoms with Crippen LogP contribution in [0.4, 0.5) is 5.69 Å². The summed E-state index contributed by atoms with van der Waals surface area (Å²) >= 11 is 0. The molecule has 0 atom stereocenters. The number of aliphatic hydroxyl groups excluding tert-OH is 1. The van der Waals surface area contributed by atoms with Crippen LogP contribution in [0.5, 0.6) is 5.75 Å². The summed E-state index contributed by atoms with van der Waals surface area (Å²) in [7, 11) is 0. The maximum absolute atomic E-state index is 12.0. The van der Waals surface area contributed by atoms with Gasteiger partial charge < -0.3 is 25.2 Å². The summed E-state index contributed by atoms with van der Waals surface area (Å²) < 4.78 is 10.6. The maximum atomic E-state index is 12.0. The molecule has 0 bridgehead atoms. The van der Waals surface area contributed by atoms with Crippen molar-refractivity contribution >= 4 is 11.6 Å². The van der Waals surface area contributed by atoms with Crippen molar-refractivity contribution in [2.24, 2.45) is 0 Å². The number of hydrogen-bond acceptors (Lipinski definition) is 5. The molecule has 1 aromatic rings. The van der Waals surface area contributed by atoms with E-state index in [1.807, 2.05) is 12.1 Å². The zero-order chi connectivity index (χ0) is 13.5. The Hall–Kier alpha value is -1.79. The number of carbonyl (C=O) groups is 1. The number of amides is 1. The second-order valence-corrected chi connectivity index (χ2v) is 4.05. The fourth-order valence-corrected chi connectivity index (χ4v) is 1.85. The van der Waals surface area contributed by atoms with E-state index in [1.54, 1.807) is 6.07 Å². The third-order valence-corrected chi connectivity index (χ3v) is 2.69. The topological polar surface area (TPSA) is 79.8 Å². The van der Waals surface area contributed by atoms with Crippen molar-refractivity contribution in [2.45, 2.75) is 0 Å². The minimum absolute atomic E-state index is 0.0142. The summed E-state index contributed by atoms with van der Waals surface area (Å²) in [6, 6.07) is 5.43. The highest BCUT2D eigenvalue weighted by atomic mass is 16.5. The molecule has 0 aromatic heterocycles. The molecule has 0 saturated heterocycles. The lowest BCUT2D eigenvalue weighted by molar-refractivity contribution is 0.0836. The van der Waals surface area contributed by atoms with Crippen molar-refractivity contribution < 1.29 is 19.4 Å². The van der Waals surface area contributed by atoms with Crippen LogP contribution >= 0.6 is 0 Å². The minimum Gasteiger partial charge on any atom is -0.489 e. The number of anilines is 1. The van der Waals surface area contributed by atoms with Gasteiger partial charge in [-0.3, -0.25) is 4.79 Å². The standard InChI is InChI=1S/C13H18N2O4/c16-6-9-18-7-4-15-13(17)10-2-1-3-11-12(10)19-8-5-14-11/h1-3,14,16H,4-9H2,(H,15,17). The number of benzene rings is 1. The summed E-state index contributed by atoms with van der Waals surface area (Å²) in [4.78, 5) is 12.0. The summed E-state index contributed by atoms with van der Waals surface area (Å²) in [5, 5.41) is 14.5. The van der Waals surface area contributed by atoms with Gasteiger partial charge in [0.05, 0.1) is 31.1 Å². The van der Waals surface area contributed by atoms with Crippen LogP contribution in [0.2, 0.25) is 0 Å². The van der Waals surface area contributed by atoms with Gasteiger partial charge in [-0.25, -0.2) is 0 Å². The second-order valence-electron chi connectivity index (χ2n) is 4.05. The number of para-hydroxylation sites is 1. The molecule has 0 spiro atoms. The van der Waals surface area contributed by atoms with E-state index in [0.717, 1.165) is 12.2 Å². The van der Waals surface area contributed by atoms with Gasteiger partial charge in [0.2, 0.25) is 0 Å². The normalized spacial score (nSPS) is 13.1. The third-order valence-electron chi connectivity index (χ3n) is 2.69. The van der Waals surface area contributed by atoms with E-state index < -0.39 is 0 Å². The monoisotopic (exact) mass is 266 g/mol. The molecule has 1 aromatic carbocycles. The van der Waals surface area contributed by atoms with E-state index in [4.69, 9.17) is 14.6 Å². The van der Waals surface area contributed by atoms with E-state index in [9.17, 15) is 4.79 Å². The summed E-state index contributed by atoms with van der Waals surface area (Å²) in [5.41, 5.74) is 1.36. The minimum atomic E-state index is -0.187. The van der Waals surface area contributed by atoms with Crippen LogP contribution in [0.25, 0.3) is 0 Å². The van der Waals surface area contributed by atoms with E-state index in [-0.39, 0.29) is 19.1 Å². The molecular formula is C13H18N2O4. The predicted octanol–water partition coefficient (Wildman–Crippen LogP) is 0.230. The lowest BCUT2D eigenvalue weighted by Crippen LogP contribution is -2.29. The Bertz CT molecular complexity index is 437. The van der Waals surface area contributed by atoms with E-state index in [0.29, 0.717) is 31.1 Å². The molecule has 1 amide bonds. The second kappa shape index (κ2) is 6.96. The molecule has 104 valence electrons. The zero-order valence-electron chi connectivity index (χ0n) is 10.6. The van der Waals surface area contributed by atoms with Crippen molar-refractivity contribution in [1.82, 2.24) is 5.32 Å². The number of aliphatic hydroxyl groups is 1. The molecule has 0 radical (unpaired) electrons. The van der Waals surface area contributed by atoms with Gasteiger partial charge in [0.25, 0.3) is 5.91 Å². The summed E-state index contributed by atoms with van der Waals surface area (Å²) in [6.07, 6.45) is 0. The van der Waals surface area contributed by atoms with Crippen LogP contribution in [-0.4, -0.2) is 50.5 Å². The Morgan fingerprint density at radius 1 is 1.47 bits per heavy atom. The van der Waals surface area contributed by atoms with Crippen molar-refractivity contribution in [3.05, 3.63) is 23.8 Å². The lowest BCUT2D eigenvalue weighted by atomic mass is 10.1. The average molecular weight is 266 g/mol. The molecule has 0 saturated carbocycles. The first-order chi connectivity index (χ1) is 9.33. The molecule has 1 aliphatic heterocycles. The van der Waals surface area contributed by atoms with Gasteiger partial charge in [0, 0.05) is 13.1 Å². The van der Waals surface area contributed by atoms with Crippen LogP contribution in [-0.2, 0) is 4.74 Å². The Labute approximate surface area is 111 Å². The summed E-state index contributed by atoms with van der Waals surface area (Å²) in [5.74, 6) is 0.413. The highest BCUT2D eigenvalue weighted by molar-refractivity contribution is 5.98. The van der Waals surface area contributed by atoms with Crippen LogP contribution in [0.1, 0.15) is 10.4 Å². The lowest BCUT2D eigenvalue weighted by Gasteiger charge is -2.21. The Balaban J connectivity index is 1.92. The molecule has 19 heavy (non-hydrogen) atoms. The first kappa shape index (κ1) is 13.6. The fourth-order valence-electron chi connectivity index (χ4n) is 1.85. The smallest absolute Gasteiger partial charge is 0.255 e. The van der Waals surface area contributed by atoms with Gasteiger partial charge >= 0.3 is 0 Å². The molecule has 0 unspecified atom stereocenters. The van der Waals surface area contributed by atoms with Gasteiger partial charge in [-0.2, -0.15) is 0 Å². The van der Waals surface area contributed by atoms with Crippen LogP contribution in [0, 0.1) is 0 Å². The Kier molecular flexibility index (Phi) is 5.00. The first-order valence-corrected chi connectivity index (χ1v) is 6.29. The number of hydrogen-bond donors (Lipinski definition) is 3. The quantitative estimate of drug-likeness (QED) is 0.642. The molecule has 2 rings (SSSR count). The molecule has 6 nitrogen and oxygen atoms in total. The number of ether oxygens (including phenoxy) is 2. The van der Waals surface area contributed by atoms with Crippen molar-refractivity contribution in [3.8, 4) is 5.75 Å². The number of nitrogens with one attached hydrogen (secondary N) is 2. The van der Waals surface area contributed by atoms with E-state index >= 15 is 0 Å². The Morgan fingerprint density at radius 2 is 2.37 bits per heavy atom. The average Bonchev–Trinajstić information content (AvgIpc) is 2.46. The van der Waals surface area contributed by atoms with E-state index in [1.165, 1.54) is 0 Å². The maximum Gasteiger partial charge on any atom is 0.255 e. The van der Waals surface area contributed by atoms with Gasteiger partial charge in [-0.15, -0.1) is 0 Å². The molecule has 0 aliphatic carbocycles. The zero-order valence-corrected chi connectivity index (χ0v) is 10.6. The Morgan fingerprint density at radius 3 is 3.21 bits per heavy atom. The largest absolute Gasteiger partial charge is 0.489 e. The predicted molar refractivity (Wildman–Crippen MR) is 70.7 cm³/mol. The molecule has 1 heterocycles. The molecule has 0 fully saturated rings. The van der Waals surface area contributed by atoms with Crippen molar-refractivity contribution in [1.29, 1.82) is 0 Å². The van der Waals surface area contributed by atoms with Crippen LogP contribution in [0.15, 0.2) is 18.2 Å². The van der Waals surface area contributed by atoms with Gasteiger partial charge in [-0.05, 0) is 12.1 Å². The van der Waals surface area contributed by atoms with Crippen molar-refractivity contribution in [3.63, 3.8) is 0 Å². The molecule has 6 heteroatoms. The summed E-state index contributed by atoms with van der Waals surface area (Å²) in [6.45, 7) is 2.34. The highest BCUT2D eigenvalue weighted by Gasteiger charge is 2.18.